The van der Waals surface area contributed by atoms with Gasteiger partial charge in [-0.25, -0.2) is 0 Å². The molecular weight excluding hydrogens is 216 g/mol. The van der Waals surface area contributed by atoms with Gasteiger partial charge in [-0.1, -0.05) is 0 Å². The fraction of sp³-hybridized carbons (Fsp3) is 0.462. The number of ether oxygens (including phenoxy) is 1. The summed E-state index contributed by atoms with van der Waals surface area (Å²) in [7, 11) is 0. The van der Waals surface area contributed by atoms with Crippen molar-refractivity contribution in [3.8, 4) is 0 Å². The summed E-state index contributed by atoms with van der Waals surface area (Å²) in [5.41, 5.74) is 7.94. The molecule has 0 amide bonds. The Morgan fingerprint density at radius 2 is 2.12 bits per heavy atom. The van der Waals surface area contributed by atoms with E-state index in [1.165, 1.54) is 6.92 Å². The molecule has 0 radical (unpaired) electrons. The van der Waals surface area contributed by atoms with Crippen molar-refractivity contribution in [2.24, 2.45) is 0 Å². The molecule has 0 atom stereocenters. The fourth-order valence-electron chi connectivity index (χ4n) is 2.05. The molecule has 1 aromatic rings. The maximum absolute atomic E-state index is 11.3. The average molecular weight is 234 g/mol. The lowest BCUT2D eigenvalue weighted by molar-refractivity contribution is 0.0904. The molecule has 1 aliphatic rings. The van der Waals surface area contributed by atoms with Crippen LogP contribution < -0.4 is 11.1 Å². The van der Waals surface area contributed by atoms with Crippen LogP contribution in [-0.4, -0.2) is 25.0 Å². The zero-order chi connectivity index (χ0) is 12.3. The van der Waals surface area contributed by atoms with Crippen LogP contribution in [0.2, 0.25) is 0 Å². The van der Waals surface area contributed by atoms with Gasteiger partial charge in [-0.15, -0.1) is 0 Å². The number of Topliss-reactive ketones (excluding diaryl/α,β-unsaturated/α-hetero) is 1. The molecule has 0 aromatic heterocycles. The van der Waals surface area contributed by atoms with Gasteiger partial charge in [0.15, 0.2) is 5.78 Å². The predicted octanol–water partition coefficient (Wildman–Crippen LogP) is 2.06. The zero-order valence-electron chi connectivity index (χ0n) is 10.0. The van der Waals surface area contributed by atoms with E-state index in [9.17, 15) is 4.79 Å². The number of hydrogen-bond acceptors (Lipinski definition) is 4. The molecule has 4 nitrogen and oxygen atoms in total. The molecular formula is C13H18N2O2. The van der Waals surface area contributed by atoms with E-state index in [2.05, 4.69) is 5.32 Å². The van der Waals surface area contributed by atoms with Gasteiger partial charge in [-0.3, -0.25) is 4.79 Å². The van der Waals surface area contributed by atoms with Gasteiger partial charge in [0.1, 0.15) is 0 Å². The Balaban J connectivity index is 2.06. The smallest absolute Gasteiger partial charge is 0.161 e. The number of carbonyl (C=O) groups excluding carboxylic acids is 1. The molecule has 4 heteroatoms. The molecule has 1 aliphatic heterocycles. The third-order valence-electron chi connectivity index (χ3n) is 3.02. The van der Waals surface area contributed by atoms with Crippen molar-refractivity contribution in [2.75, 3.05) is 24.3 Å². The minimum atomic E-state index is 0.000108. The molecule has 0 saturated carbocycles. The third-order valence-corrected chi connectivity index (χ3v) is 3.02. The summed E-state index contributed by atoms with van der Waals surface area (Å²) >= 11 is 0. The maximum Gasteiger partial charge on any atom is 0.161 e. The number of rotatable bonds is 3. The van der Waals surface area contributed by atoms with Gasteiger partial charge in [0, 0.05) is 36.2 Å². The number of carbonyl (C=O) groups is 1. The summed E-state index contributed by atoms with van der Waals surface area (Å²) in [6.45, 7) is 3.13. The van der Waals surface area contributed by atoms with E-state index >= 15 is 0 Å². The first-order chi connectivity index (χ1) is 8.16. The lowest BCUT2D eigenvalue weighted by Gasteiger charge is -2.24. The van der Waals surface area contributed by atoms with Crippen LogP contribution in [0.4, 0.5) is 11.4 Å². The normalized spacial score (nSPS) is 16.8. The summed E-state index contributed by atoms with van der Waals surface area (Å²) in [4.78, 5) is 11.3. The Morgan fingerprint density at radius 1 is 1.41 bits per heavy atom. The monoisotopic (exact) mass is 234 g/mol. The van der Waals surface area contributed by atoms with Gasteiger partial charge in [-0.2, -0.15) is 0 Å². The predicted molar refractivity (Wildman–Crippen MR) is 68.3 cm³/mol. The topological polar surface area (TPSA) is 64.3 Å². The van der Waals surface area contributed by atoms with Gasteiger partial charge in [0.25, 0.3) is 0 Å². The number of nitrogen functional groups attached to an aromatic ring is 1. The van der Waals surface area contributed by atoms with Crippen molar-refractivity contribution in [3.05, 3.63) is 23.8 Å². The van der Waals surface area contributed by atoms with Crippen LogP contribution in [0.15, 0.2) is 18.2 Å². The highest BCUT2D eigenvalue weighted by Crippen LogP contribution is 2.21. The molecule has 0 spiro atoms. The van der Waals surface area contributed by atoms with Crippen LogP contribution >= 0.6 is 0 Å². The van der Waals surface area contributed by atoms with Crippen LogP contribution in [0.3, 0.4) is 0 Å². The highest BCUT2D eigenvalue weighted by molar-refractivity contribution is 5.99. The number of nitrogens with two attached hydrogens (primary N) is 1. The summed E-state index contributed by atoms with van der Waals surface area (Å²) in [5.74, 6) is 0.000108. The second kappa shape index (κ2) is 5.19. The highest BCUT2D eigenvalue weighted by Gasteiger charge is 2.14. The third kappa shape index (κ3) is 2.97. The second-order valence-corrected chi connectivity index (χ2v) is 4.39. The number of anilines is 2. The Kier molecular flexibility index (Phi) is 3.64. The van der Waals surface area contributed by atoms with E-state index < -0.39 is 0 Å². The SMILES string of the molecule is CC(=O)c1ccc(NC2CCOCC2)cc1N. The van der Waals surface area contributed by atoms with Crippen molar-refractivity contribution in [2.45, 2.75) is 25.8 Å². The van der Waals surface area contributed by atoms with E-state index in [0.717, 1.165) is 31.7 Å². The maximum atomic E-state index is 11.3. The van der Waals surface area contributed by atoms with Crippen LogP contribution in [0, 0.1) is 0 Å². The van der Waals surface area contributed by atoms with Crippen molar-refractivity contribution >= 4 is 17.2 Å². The standard InChI is InChI=1S/C13H18N2O2/c1-9(16)12-3-2-11(8-13(12)14)15-10-4-6-17-7-5-10/h2-3,8,10,15H,4-7,14H2,1H3. The molecule has 1 heterocycles. The summed E-state index contributed by atoms with van der Waals surface area (Å²) in [6.07, 6.45) is 2.02. The van der Waals surface area contributed by atoms with E-state index in [4.69, 9.17) is 10.5 Å². The molecule has 1 fully saturated rings. The van der Waals surface area contributed by atoms with Gasteiger partial charge in [0.05, 0.1) is 0 Å². The van der Waals surface area contributed by atoms with Gasteiger partial charge >= 0.3 is 0 Å². The van der Waals surface area contributed by atoms with Crippen LogP contribution in [0.5, 0.6) is 0 Å². The fourth-order valence-corrected chi connectivity index (χ4v) is 2.05. The van der Waals surface area contributed by atoms with Crippen LogP contribution in [0.1, 0.15) is 30.1 Å². The van der Waals surface area contributed by atoms with E-state index in [1.807, 2.05) is 12.1 Å². The molecule has 3 N–H and O–H groups in total. The van der Waals surface area contributed by atoms with Gasteiger partial charge < -0.3 is 15.8 Å². The lowest BCUT2D eigenvalue weighted by Crippen LogP contribution is -2.27. The highest BCUT2D eigenvalue weighted by atomic mass is 16.5. The van der Waals surface area contributed by atoms with Gasteiger partial charge in [-0.05, 0) is 38.0 Å². The first kappa shape index (κ1) is 11.9. The first-order valence-electron chi connectivity index (χ1n) is 5.91. The number of ketones is 1. The molecule has 0 aliphatic carbocycles. The lowest BCUT2D eigenvalue weighted by atomic mass is 10.1. The molecule has 17 heavy (non-hydrogen) atoms. The molecule has 1 aromatic carbocycles. The van der Waals surface area contributed by atoms with Crippen LogP contribution in [0.25, 0.3) is 0 Å². The minimum Gasteiger partial charge on any atom is -0.398 e. The molecule has 0 unspecified atom stereocenters. The van der Waals surface area contributed by atoms with Crippen molar-refractivity contribution in [3.63, 3.8) is 0 Å². The zero-order valence-corrected chi connectivity index (χ0v) is 10.0. The average Bonchev–Trinajstić information content (AvgIpc) is 2.30. The molecule has 1 saturated heterocycles. The van der Waals surface area contributed by atoms with Crippen LogP contribution in [-0.2, 0) is 4.74 Å². The largest absolute Gasteiger partial charge is 0.398 e. The Labute approximate surface area is 101 Å². The first-order valence-corrected chi connectivity index (χ1v) is 5.91. The van der Waals surface area contributed by atoms with E-state index in [-0.39, 0.29) is 5.78 Å². The Hall–Kier alpha value is -1.55. The molecule has 92 valence electrons. The quantitative estimate of drug-likeness (QED) is 0.620. The van der Waals surface area contributed by atoms with E-state index in [0.29, 0.717) is 17.3 Å². The summed E-state index contributed by atoms with van der Waals surface area (Å²) < 4.78 is 5.30. The molecule has 0 bridgehead atoms. The van der Waals surface area contributed by atoms with Gasteiger partial charge in [0.2, 0.25) is 0 Å². The summed E-state index contributed by atoms with van der Waals surface area (Å²) in [6, 6.07) is 5.94. The van der Waals surface area contributed by atoms with Crippen molar-refractivity contribution in [1.82, 2.24) is 0 Å². The van der Waals surface area contributed by atoms with Crippen molar-refractivity contribution < 1.29 is 9.53 Å². The Bertz CT molecular complexity index is 412. The number of benzene rings is 1. The minimum absolute atomic E-state index is 0.000108. The number of hydrogen-bond donors (Lipinski definition) is 2. The number of nitrogens with one attached hydrogen (secondary N) is 1. The second-order valence-electron chi connectivity index (χ2n) is 4.39. The van der Waals surface area contributed by atoms with Crippen molar-refractivity contribution in [1.29, 1.82) is 0 Å². The van der Waals surface area contributed by atoms with E-state index in [1.54, 1.807) is 6.07 Å². The Morgan fingerprint density at radius 3 is 2.71 bits per heavy atom. The molecule has 2 rings (SSSR count). The summed E-state index contributed by atoms with van der Waals surface area (Å²) in [5, 5.41) is 3.42.